The third-order valence-corrected chi connectivity index (χ3v) is 13.9. The van der Waals surface area contributed by atoms with Gasteiger partial charge in [-0.15, -0.1) is 0 Å². The smallest absolute Gasteiger partial charge is 0.220 e. The molecule has 5 rings (SSSR count). The Labute approximate surface area is 270 Å². The maximum atomic E-state index is 12.4. The van der Waals surface area contributed by atoms with E-state index in [2.05, 4.69) is 41.2 Å². The SMILES string of the molecule is CC(C)NC(=O)CC[C@@H](C)C1CCC2C3C(CC[C@@]21C)[C@@]1(C)CC[C@H](NCCCN2CCN(CCCN)CC2)CC1C[C@@H]3O. The lowest BCUT2D eigenvalue weighted by Gasteiger charge is -2.62. The van der Waals surface area contributed by atoms with Gasteiger partial charge in [-0.1, -0.05) is 20.8 Å². The summed E-state index contributed by atoms with van der Waals surface area (Å²) in [7, 11) is 0. The van der Waals surface area contributed by atoms with Crippen molar-refractivity contribution in [3.05, 3.63) is 0 Å². The van der Waals surface area contributed by atoms with Gasteiger partial charge in [0, 0.05) is 44.7 Å². The molecule has 1 aliphatic heterocycles. The van der Waals surface area contributed by atoms with E-state index in [4.69, 9.17) is 5.73 Å². The van der Waals surface area contributed by atoms with E-state index in [1.165, 1.54) is 84.1 Å². The topological polar surface area (TPSA) is 93.9 Å². The zero-order chi connectivity index (χ0) is 31.5. The first-order valence-electron chi connectivity index (χ1n) is 18.9. The Balaban J connectivity index is 1.09. The molecule has 0 aromatic heterocycles. The summed E-state index contributed by atoms with van der Waals surface area (Å²) in [5.74, 6) is 3.88. The van der Waals surface area contributed by atoms with Crippen LogP contribution in [-0.2, 0) is 4.79 Å². The number of fused-ring (bicyclic) bond motifs is 5. The molecule has 0 spiro atoms. The van der Waals surface area contributed by atoms with Crippen LogP contribution in [0.25, 0.3) is 0 Å². The van der Waals surface area contributed by atoms with Gasteiger partial charge in [-0.05, 0) is 157 Å². The number of aliphatic hydroxyl groups is 1. The molecule has 1 heterocycles. The number of nitrogens with two attached hydrogens (primary N) is 1. The zero-order valence-electron chi connectivity index (χ0n) is 29.2. The Bertz CT molecular complexity index is 924. The molecule has 1 amide bonds. The van der Waals surface area contributed by atoms with E-state index in [1.54, 1.807) is 0 Å². The van der Waals surface area contributed by atoms with Crippen molar-refractivity contribution in [2.24, 2.45) is 52.1 Å². The van der Waals surface area contributed by atoms with Crippen LogP contribution in [0, 0.1) is 46.3 Å². The van der Waals surface area contributed by atoms with Crippen molar-refractivity contribution in [1.29, 1.82) is 0 Å². The van der Waals surface area contributed by atoms with Crippen molar-refractivity contribution in [3.63, 3.8) is 0 Å². The average molecular weight is 616 g/mol. The number of nitrogens with one attached hydrogen (secondary N) is 2. The van der Waals surface area contributed by atoms with Crippen LogP contribution in [0.4, 0.5) is 0 Å². The molecule has 254 valence electrons. The van der Waals surface area contributed by atoms with Crippen molar-refractivity contribution in [1.82, 2.24) is 20.4 Å². The normalized spacial score (nSPS) is 40.3. The molecule has 0 bridgehead atoms. The second kappa shape index (κ2) is 15.0. The molecule has 44 heavy (non-hydrogen) atoms. The van der Waals surface area contributed by atoms with Gasteiger partial charge in [0.2, 0.25) is 5.91 Å². The third-order valence-electron chi connectivity index (χ3n) is 13.9. The van der Waals surface area contributed by atoms with Crippen LogP contribution in [0.1, 0.15) is 112 Å². The summed E-state index contributed by atoms with van der Waals surface area (Å²) in [6.07, 6.45) is 13.9. The molecular formula is C37H69N5O2. The molecule has 5 N–H and O–H groups in total. The molecule has 7 nitrogen and oxygen atoms in total. The maximum absolute atomic E-state index is 12.4. The second-order valence-corrected chi connectivity index (χ2v) is 16.9. The largest absolute Gasteiger partial charge is 0.393 e. The number of carbonyl (C=O) groups excluding carboxylic acids is 1. The number of hydrogen-bond acceptors (Lipinski definition) is 6. The van der Waals surface area contributed by atoms with Crippen molar-refractivity contribution < 1.29 is 9.90 Å². The summed E-state index contributed by atoms with van der Waals surface area (Å²) in [4.78, 5) is 17.6. The number of aliphatic hydroxyl groups excluding tert-OH is 1. The van der Waals surface area contributed by atoms with Gasteiger partial charge in [0.15, 0.2) is 0 Å². The lowest BCUT2D eigenvalue weighted by molar-refractivity contribution is -0.167. The molecule has 7 heteroatoms. The molecule has 0 radical (unpaired) electrons. The summed E-state index contributed by atoms with van der Waals surface area (Å²) in [6, 6.07) is 0.831. The van der Waals surface area contributed by atoms with Crippen molar-refractivity contribution in [3.8, 4) is 0 Å². The molecule has 1 saturated heterocycles. The van der Waals surface area contributed by atoms with Crippen LogP contribution < -0.4 is 16.4 Å². The van der Waals surface area contributed by atoms with Gasteiger partial charge in [0.05, 0.1) is 6.10 Å². The number of piperazine rings is 1. The monoisotopic (exact) mass is 616 g/mol. The van der Waals surface area contributed by atoms with Crippen molar-refractivity contribution in [2.75, 3.05) is 52.4 Å². The Morgan fingerprint density at radius 2 is 1.57 bits per heavy atom. The zero-order valence-corrected chi connectivity index (χ0v) is 29.2. The fourth-order valence-electron chi connectivity index (χ4n) is 11.5. The number of amides is 1. The van der Waals surface area contributed by atoms with Crippen LogP contribution in [0.15, 0.2) is 0 Å². The summed E-state index contributed by atoms with van der Waals surface area (Å²) in [5.41, 5.74) is 6.39. The first-order valence-corrected chi connectivity index (χ1v) is 18.9. The van der Waals surface area contributed by atoms with E-state index in [0.29, 0.717) is 58.8 Å². The average Bonchev–Trinajstić information content (AvgIpc) is 3.35. The molecule has 5 fully saturated rings. The first kappa shape index (κ1) is 34.6. The molecular weight excluding hydrogens is 546 g/mol. The van der Waals surface area contributed by atoms with Crippen LogP contribution in [0.3, 0.4) is 0 Å². The van der Waals surface area contributed by atoms with Crippen molar-refractivity contribution in [2.45, 2.75) is 130 Å². The van der Waals surface area contributed by atoms with E-state index >= 15 is 0 Å². The highest BCUT2D eigenvalue weighted by Crippen LogP contribution is 2.68. The van der Waals surface area contributed by atoms with Gasteiger partial charge in [-0.3, -0.25) is 4.79 Å². The molecule has 4 aliphatic carbocycles. The minimum Gasteiger partial charge on any atom is -0.393 e. The van der Waals surface area contributed by atoms with Gasteiger partial charge in [0.1, 0.15) is 0 Å². The fourth-order valence-corrected chi connectivity index (χ4v) is 11.5. The highest BCUT2D eigenvalue weighted by atomic mass is 16.3. The minimum absolute atomic E-state index is 0.143. The number of carbonyl (C=O) groups is 1. The lowest BCUT2D eigenvalue weighted by atomic mass is 9.43. The van der Waals surface area contributed by atoms with E-state index in [1.807, 2.05) is 13.8 Å². The number of nitrogens with zero attached hydrogens (tertiary/aromatic N) is 2. The quantitative estimate of drug-likeness (QED) is 0.221. The van der Waals surface area contributed by atoms with E-state index in [0.717, 1.165) is 38.9 Å². The third kappa shape index (κ3) is 7.53. The van der Waals surface area contributed by atoms with Crippen LogP contribution in [0.2, 0.25) is 0 Å². The van der Waals surface area contributed by atoms with Crippen LogP contribution >= 0.6 is 0 Å². The predicted molar refractivity (Wildman–Crippen MR) is 181 cm³/mol. The van der Waals surface area contributed by atoms with Crippen LogP contribution in [-0.4, -0.2) is 91.4 Å². The van der Waals surface area contributed by atoms with Gasteiger partial charge in [-0.2, -0.15) is 0 Å². The van der Waals surface area contributed by atoms with Gasteiger partial charge >= 0.3 is 0 Å². The summed E-state index contributed by atoms with van der Waals surface area (Å²) < 4.78 is 0. The molecule has 10 atom stereocenters. The van der Waals surface area contributed by atoms with E-state index in [-0.39, 0.29) is 18.1 Å². The number of rotatable bonds is 13. The fraction of sp³-hybridized carbons (Fsp3) is 0.973. The molecule has 5 aliphatic rings. The lowest BCUT2D eigenvalue weighted by Crippen LogP contribution is -2.59. The van der Waals surface area contributed by atoms with Crippen LogP contribution in [0.5, 0.6) is 0 Å². The van der Waals surface area contributed by atoms with Gasteiger partial charge in [-0.25, -0.2) is 0 Å². The van der Waals surface area contributed by atoms with Gasteiger partial charge in [0.25, 0.3) is 0 Å². The Hall–Kier alpha value is -0.730. The van der Waals surface area contributed by atoms with Gasteiger partial charge < -0.3 is 31.3 Å². The Kier molecular flexibility index (Phi) is 11.8. The first-order chi connectivity index (χ1) is 21.0. The predicted octanol–water partition coefficient (Wildman–Crippen LogP) is 4.87. The summed E-state index contributed by atoms with van der Waals surface area (Å²) >= 11 is 0. The standard InChI is InChI=1S/C37H69N5O2/c1-26(2)40-34(44)11-8-27(3)30-9-10-31-35-32(13-15-37(30,31)5)36(4)14-12-29(24-28(36)25-33(35)43)39-17-7-19-42-22-20-41(21-23-42)18-6-16-38/h26-33,35,39,43H,6-25,38H2,1-5H3,(H,40,44)/t27-,28?,29+,30?,31?,32?,33+,35?,36+,37-/m1/s1. The van der Waals surface area contributed by atoms with E-state index < -0.39 is 0 Å². The Morgan fingerprint density at radius 1 is 0.909 bits per heavy atom. The summed E-state index contributed by atoms with van der Waals surface area (Å²) in [6.45, 7) is 20.7. The molecule has 0 aromatic rings. The highest BCUT2D eigenvalue weighted by molar-refractivity contribution is 5.76. The molecule has 4 saturated carbocycles. The summed E-state index contributed by atoms with van der Waals surface area (Å²) in [5, 5.41) is 18.9. The van der Waals surface area contributed by atoms with Crippen molar-refractivity contribution >= 4 is 5.91 Å². The minimum atomic E-state index is -0.143. The number of hydrogen-bond donors (Lipinski definition) is 4. The maximum Gasteiger partial charge on any atom is 0.220 e. The highest BCUT2D eigenvalue weighted by Gasteiger charge is 2.62. The molecule has 0 aromatic carbocycles. The van der Waals surface area contributed by atoms with E-state index in [9.17, 15) is 9.90 Å². The molecule has 5 unspecified atom stereocenters. The Morgan fingerprint density at radius 3 is 2.25 bits per heavy atom. The second-order valence-electron chi connectivity index (χ2n) is 16.9.